The van der Waals surface area contributed by atoms with Gasteiger partial charge in [0.1, 0.15) is 5.69 Å². The number of hydrogen-bond donors (Lipinski definition) is 2. The van der Waals surface area contributed by atoms with E-state index >= 15 is 0 Å². The molecule has 0 saturated carbocycles. The Bertz CT molecular complexity index is 353. The van der Waals surface area contributed by atoms with Gasteiger partial charge in [0, 0.05) is 0 Å². The molecule has 0 radical (unpaired) electrons. The Hall–Kier alpha value is -1.58. The third-order valence-electron chi connectivity index (χ3n) is 2.10. The van der Waals surface area contributed by atoms with Crippen LogP contribution < -0.4 is 0 Å². The summed E-state index contributed by atoms with van der Waals surface area (Å²) in [7, 11) is 0. The minimum Gasteiger partial charge on any atom is -0.477 e. The summed E-state index contributed by atoms with van der Waals surface area (Å²) in [5.41, 5.74) is 1.92. The van der Waals surface area contributed by atoms with Crippen LogP contribution in [0.25, 0.3) is 0 Å². The number of aromatic amines is 1. The second-order valence-corrected chi connectivity index (χ2v) is 2.79. The van der Waals surface area contributed by atoms with Crippen LogP contribution in [0.1, 0.15) is 52.9 Å². The van der Waals surface area contributed by atoms with E-state index in [-0.39, 0.29) is 5.69 Å². The van der Waals surface area contributed by atoms with E-state index in [0.717, 1.165) is 5.56 Å². The molecule has 2 N–H and O–H groups in total. The largest absolute Gasteiger partial charge is 0.477 e. The summed E-state index contributed by atoms with van der Waals surface area (Å²) in [6, 6.07) is 0. The molecule has 4 nitrogen and oxygen atoms in total. The number of carboxylic acids is 1. The van der Waals surface area contributed by atoms with Gasteiger partial charge in [0.05, 0.1) is 5.69 Å². The third kappa shape index (κ3) is 2.68. The first kappa shape index (κ1) is 13.4. The molecule has 0 aliphatic carbocycles. The quantitative estimate of drug-likeness (QED) is 0.754. The fourth-order valence-corrected chi connectivity index (χ4v) is 1.40. The molecule has 1 aromatic rings. The standard InChI is InChI=1S/C9H11NO3.C2H6/c1-3-6-5(2)7(4-11)10-8(6)9(12)13;1-2/h4,10H,3H2,1-2H3,(H,12,13);1-2H3. The second-order valence-electron chi connectivity index (χ2n) is 2.79. The molecular formula is C11H17NO3. The lowest BCUT2D eigenvalue weighted by molar-refractivity contribution is 0.0690. The van der Waals surface area contributed by atoms with E-state index in [0.29, 0.717) is 24.0 Å². The highest BCUT2D eigenvalue weighted by atomic mass is 16.4. The Morgan fingerprint density at radius 2 is 2.00 bits per heavy atom. The summed E-state index contributed by atoms with van der Waals surface area (Å²) in [4.78, 5) is 23.8. The van der Waals surface area contributed by atoms with Crippen molar-refractivity contribution in [2.45, 2.75) is 34.1 Å². The average Bonchev–Trinajstić information content (AvgIpc) is 2.57. The Morgan fingerprint density at radius 3 is 2.27 bits per heavy atom. The van der Waals surface area contributed by atoms with Gasteiger partial charge in [0.25, 0.3) is 0 Å². The zero-order valence-electron chi connectivity index (χ0n) is 9.55. The van der Waals surface area contributed by atoms with Crippen LogP contribution in [0.15, 0.2) is 0 Å². The molecule has 0 bridgehead atoms. The van der Waals surface area contributed by atoms with Crippen molar-refractivity contribution >= 4 is 12.3 Å². The number of carbonyl (C=O) groups excluding carboxylic acids is 1. The molecule has 4 heteroatoms. The van der Waals surface area contributed by atoms with Gasteiger partial charge in [-0.05, 0) is 24.5 Å². The maximum Gasteiger partial charge on any atom is 0.352 e. The van der Waals surface area contributed by atoms with Crippen LogP contribution in [0.5, 0.6) is 0 Å². The molecule has 84 valence electrons. The van der Waals surface area contributed by atoms with Crippen LogP contribution in [0.2, 0.25) is 0 Å². The lowest BCUT2D eigenvalue weighted by Crippen LogP contribution is -2.00. The molecule has 1 aromatic heterocycles. The highest BCUT2D eigenvalue weighted by Gasteiger charge is 2.16. The molecule has 1 heterocycles. The van der Waals surface area contributed by atoms with Crippen molar-refractivity contribution < 1.29 is 14.7 Å². The minimum atomic E-state index is -1.02. The maximum absolute atomic E-state index is 10.7. The molecule has 0 spiro atoms. The summed E-state index contributed by atoms with van der Waals surface area (Å²) in [5.74, 6) is -1.02. The average molecular weight is 211 g/mol. The first-order chi connectivity index (χ1) is 7.11. The van der Waals surface area contributed by atoms with E-state index in [9.17, 15) is 9.59 Å². The molecule has 0 amide bonds. The Labute approximate surface area is 89.3 Å². The summed E-state index contributed by atoms with van der Waals surface area (Å²) in [6.45, 7) is 7.60. The number of aromatic nitrogens is 1. The maximum atomic E-state index is 10.7. The SMILES string of the molecule is CC.CCc1c(C(=O)O)[nH]c(C=O)c1C. The number of rotatable bonds is 3. The van der Waals surface area contributed by atoms with E-state index in [2.05, 4.69) is 4.98 Å². The predicted octanol–water partition coefficient (Wildman–Crippen LogP) is 2.42. The first-order valence-electron chi connectivity index (χ1n) is 5.01. The van der Waals surface area contributed by atoms with E-state index in [4.69, 9.17) is 5.11 Å². The van der Waals surface area contributed by atoms with Gasteiger partial charge in [0.2, 0.25) is 0 Å². The third-order valence-corrected chi connectivity index (χ3v) is 2.10. The molecule has 0 saturated heterocycles. The van der Waals surface area contributed by atoms with Crippen molar-refractivity contribution in [2.24, 2.45) is 0 Å². The first-order valence-corrected chi connectivity index (χ1v) is 5.01. The van der Waals surface area contributed by atoms with Gasteiger partial charge >= 0.3 is 5.97 Å². The molecule has 0 aliphatic heterocycles. The highest BCUT2D eigenvalue weighted by molar-refractivity contribution is 5.90. The van der Waals surface area contributed by atoms with Gasteiger partial charge in [0.15, 0.2) is 6.29 Å². The van der Waals surface area contributed by atoms with Crippen molar-refractivity contribution in [1.82, 2.24) is 4.98 Å². The fourth-order valence-electron chi connectivity index (χ4n) is 1.40. The molecule has 0 aromatic carbocycles. The van der Waals surface area contributed by atoms with E-state index < -0.39 is 5.97 Å². The Balaban J connectivity index is 0.000000921. The molecule has 0 unspecified atom stereocenters. The van der Waals surface area contributed by atoms with Crippen LogP contribution in [0.3, 0.4) is 0 Å². The van der Waals surface area contributed by atoms with Crippen LogP contribution in [-0.2, 0) is 6.42 Å². The van der Waals surface area contributed by atoms with Crippen LogP contribution in [0, 0.1) is 6.92 Å². The number of hydrogen-bond acceptors (Lipinski definition) is 2. The minimum absolute atomic E-state index is 0.127. The second kappa shape index (κ2) is 6.01. The summed E-state index contributed by atoms with van der Waals surface area (Å²) < 4.78 is 0. The topological polar surface area (TPSA) is 70.2 Å². The van der Waals surface area contributed by atoms with Gasteiger partial charge in [-0.2, -0.15) is 0 Å². The monoisotopic (exact) mass is 211 g/mol. The normalized spacial score (nSPS) is 9.07. The predicted molar refractivity (Wildman–Crippen MR) is 58.6 cm³/mol. The number of H-pyrrole nitrogens is 1. The lowest BCUT2D eigenvalue weighted by atomic mass is 10.1. The Kier molecular flexibility index (Phi) is 5.37. The fraction of sp³-hybridized carbons (Fsp3) is 0.455. The van der Waals surface area contributed by atoms with Gasteiger partial charge in [-0.25, -0.2) is 4.79 Å². The molecule has 1 rings (SSSR count). The number of nitrogens with one attached hydrogen (secondary N) is 1. The molecular weight excluding hydrogens is 194 g/mol. The zero-order chi connectivity index (χ0) is 12.0. The summed E-state index contributed by atoms with van der Waals surface area (Å²) in [5, 5.41) is 8.78. The van der Waals surface area contributed by atoms with Crippen molar-refractivity contribution in [1.29, 1.82) is 0 Å². The number of carboxylic acid groups (broad SMARTS) is 1. The van der Waals surface area contributed by atoms with E-state index in [1.807, 2.05) is 20.8 Å². The highest BCUT2D eigenvalue weighted by Crippen LogP contribution is 2.17. The number of aromatic carboxylic acids is 1. The molecule has 15 heavy (non-hydrogen) atoms. The smallest absolute Gasteiger partial charge is 0.352 e. The van der Waals surface area contributed by atoms with Gasteiger partial charge in [-0.1, -0.05) is 20.8 Å². The summed E-state index contributed by atoms with van der Waals surface area (Å²) >= 11 is 0. The van der Waals surface area contributed by atoms with Gasteiger partial charge in [-0.3, -0.25) is 4.79 Å². The lowest BCUT2D eigenvalue weighted by Gasteiger charge is -1.95. The van der Waals surface area contributed by atoms with Crippen molar-refractivity contribution in [2.75, 3.05) is 0 Å². The zero-order valence-corrected chi connectivity index (χ0v) is 9.55. The molecule has 0 fully saturated rings. The summed E-state index contributed by atoms with van der Waals surface area (Å²) in [6.07, 6.45) is 1.25. The van der Waals surface area contributed by atoms with Crippen LogP contribution in [-0.4, -0.2) is 22.3 Å². The molecule has 0 aliphatic rings. The van der Waals surface area contributed by atoms with Crippen molar-refractivity contribution in [3.8, 4) is 0 Å². The van der Waals surface area contributed by atoms with Crippen LogP contribution >= 0.6 is 0 Å². The van der Waals surface area contributed by atoms with Gasteiger partial charge < -0.3 is 10.1 Å². The van der Waals surface area contributed by atoms with Crippen molar-refractivity contribution in [3.05, 3.63) is 22.5 Å². The number of carbonyl (C=O) groups is 2. The van der Waals surface area contributed by atoms with Crippen LogP contribution in [0.4, 0.5) is 0 Å². The number of aldehydes is 1. The van der Waals surface area contributed by atoms with E-state index in [1.165, 1.54) is 0 Å². The Morgan fingerprint density at radius 1 is 1.47 bits per heavy atom. The van der Waals surface area contributed by atoms with E-state index in [1.54, 1.807) is 6.92 Å². The molecule has 0 atom stereocenters. The van der Waals surface area contributed by atoms with Gasteiger partial charge in [-0.15, -0.1) is 0 Å². The van der Waals surface area contributed by atoms with Crippen molar-refractivity contribution in [3.63, 3.8) is 0 Å².